The van der Waals surface area contributed by atoms with Crippen LogP contribution in [0.5, 0.6) is 5.75 Å². The lowest BCUT2D eigenvalue weighted by molar-refractivity contribution is -0.147. The van der Waals surface area contributed by atoms with Gasteiger partial charge in [-0.15, -0.1) is 0 Å². The van der Waals surface area contributed by atoms with Crippen LogP contribution in [0.3, 0.4) is 0 Å². The van der Waals surface area contributed by atoms with Gasteiger partial charge < -0.3 is 14.7 Å². The molecule has 0 radical (unpaired) electrons. The molecule has 0 spiro atoms. The van der Waals surface area contributed by atoms with Crippen molar-refractivity contribution in [3.05, 3.63) is 33.4 Å². The summed E-state index contributed by atoms with van der Waals surface area (Å²) in [4.78, 5) is 12.2. The number of carbonyl (C=O) groups is 1. The number of methoxy groups -OCH3 is 1. The van der Waals surface area contributed by atoms with E-state index in [2.05, 4.69) is 15.0 Å². The molecule has 0 aliphatic rings. The minimum atomic E-state index is -0.826. The lowest BCUT2D eigenvalue weighted by atomic mass is 10.3. The van der Waals surface area contributed by atoms with Crippen molar-refractivity contribution in [1.82, 2.24) is 9.78 Å². The van der Waals surface area contributed by atoms with Crippen LogP contribution in [-0.4, -0.2) is 40.4 Å². The number of aromatic nitrogens is 2. The Balaban J connectivity index is 2.39. The van der Waals surface area contributed by atoms with Crippen LogP contribution >= 0.6 is 35.0 Å². The molecule has 0 bridgehead atoms. The molecule has 2 rings (SSSR count). The van der Waals surface area contributed by atoms with Gasteiger partial charge in [0.1, 0.15) is 10.8 Å². The van der Waals surface area contributed by atoms with Crippen LogP contribution in [0.1, 0.15) is 18.2 Å². The zero-order valence-corrected chi connectivity index (χ0v) is 16.8. The summed E-state index contributed by atoms with van der Waals surface area (Å²) < 4.78 is 11.9. The Bertz CT molecular complexity index is 855. The van der Waals surface area contributed by atoms with Gasteiger partial charge in [-0.25, -0.2) is 4.79 Å². The number of hydrogen-bond acceptors (Lipinski definition) is 7. The van der Waals surface area contributed by atoms with Crippen molar-refractivity contribution >= 4 is 47.1 Å². The number of halogens is 2. The molecule has 1 N–H and O–H groups in total. The van der Waals surface area contributed by atoms with Crippen LogP contribution in [-0.2, 0) is 16.6 Å². The first-order valence-electron chi connectivity index (χ1n) is 7.40. The van der Waals surface area contributed by atoms with Gasteiger partial charge in [-0.2, -0.15) is 5.10 Å². The van der Waals surface area contributed by atoms with Crippen molar-refractivity contribution in [3.8, 4) is 5.75 Å². The number of benzene rings is 1. The monoisotopic (exact) mass is 417 g/mol. The molecular weight excluding hydrogens is 401 g/mol. The highest BCUT2D eigenvalue weighted by atomic mass is 35.5. The van der Waals surface area contributed by atoms with Crippen molar-refractivity contribution in [2.24, 2.45) is 12.2 Å². The molecule has 1 aromatic carbocycles. The second-order valence-electron chi connectivity index (χ2n) is 5.27. The van der Waals surface area contributed by atoms with Gasteiger partial charge >= 0.3 is 5.97 Å². The van der Waals surface area contributed by atoms with Gasteiger partial charge in [-0.05, 0) is 26.0 Å². The highest BCUT2D eigenvalue weighted by Crippen LogP contribution is 2.41. The number of oxime groups is 1. The van der Waals surface area contributed by atoms with Crippen LogP contribution in [0.25, 0.3) is 0 Å². The van der Waals surface area contributed by atoms with Crippen LogP contribution in [0, 0.1) is 6.92 Å². The molecule has 1 heterocycles. The molecule has 0 fully saturated rings. The van der Waals surface area contributed by atoms with Crippen LogP contribution in [0.2, 0.25) is 10.0 Å². The summed E-state index contributed by atoms with van der Waals surface area (Å²) in [6.07, 6.45) is 0.484. The minimum Gasteiger partial charge on any atom is -0.477 e. The van der Waals surface area contributed by atoms with Crippen molar-refractivity contribution in [1.29, 1.82) is 0 Å². The number of aryl methyl sites for hydroxylation is 2. The average Bonchev–Trinajstić information content (AvgIpc) is 2.85. The van der Waals surface area contributed by atoms with E-state index in [0.717, 1.165) is 5.03 Å². The van der Waals surface area contributed by atoms with E-state index >= 15 is 0 Å². The maximum Gasteiger partial charge on any atom is 0.346 e. The van der Waals surface area contributed by atoms with E-state index in [1.54, 1.807) is 31.6 Å². The Morgan fingerprint density at radius 2 is 2.12 bits per heavy atom. The average molecular weight is 418 g/mol. The van der Waals surface area contributed by atoms with Crippen LogP contribution < -0.4 is 4.74 Å². The molecule has 0 saturated heterocycles. The third-order valence-corrected chi connectivity index (χ3v) is 5.39. The molecule has 7 nitrogen and oxygen atoms in total. The number of hydrogen-bond donors (Lipinski definition) is 1. The summed E-state index contributed by atoms with van der Waals surface area (Å²) in [6, 6.07) is 3.17. The van der Waals surface area contributed by atoms with Gasteiger partial charge in [0.2, 0.25) is 0 Å². The highest BCUT2D eigenvalue weighted by molar-refractivity contribution is 7.99. The van der Waals surface area contributed by atoms with Gasteiger partial charge in [-0.3, -0.25) is 4.68 Å². The van der Waals surface area contributed by atoms with E-state index in [1.807, 2.05) is 0 Å². The lowest BCUT2D eigenvalue weighted by Crippen LogP contribution is -2.25. The Morgan fingerprint density at radius 3 is 2.73 bits per heavy atom. The second kappa shape index (κ2) is 8.66. The molecule has 1 aromatic heterocycles. The quantitative estimate of drug-likeness (QED) is 0.331. The maximum absolute atomic E-state index is 11.6. The maximum atomic E-state index is 11.6. The molecule has 0 aliphatic carbocycles. The smallest absolute Gasteiger partial charge is 0.346 e. The van der Waals surface area contributed by atoms with Crippen molar-refractivity contribution in [3.63, 3.8) is 0 Å². The van der Waals surface area contributed by atoms with E-state index < -0.39 is 12.1 Å². The number of esters is 1. The number of nitrogens with zero attached hydrogens (tertiary/aromatic N) is 3. The number of carbonyl (C=O) groups excluding carboxylic acids is 1. The third-order valence-electron chi connectivity index (χ3n) is 3.43. The molecule has 0 aliphatic heterocycles. The normalized spacial score (nSPS) is 12.4. The number of rotatable bonds is 6. The molecule has 2 aromatic rings. The molecule has 1 atom stereocenters. The van der Waals surface area contributed by atoms with Gasteiger partial charge in [0.05, 0.1) is 34.6 Å². The van der Waals surface area contributed by atoms with E-state index in [9.17, 15) is 4.79 Å². The SMILES string of the molecule is COC(=O)[C@@H](C)Oc1cc(Sc2c(/C=N/O)c(C)nn2C)c(Cl)cc1Cl. The lowest BCUT2D eigenvalue weighted by Gasteiger charge is -2.15. The summed E-state index contributed by atoms with van der Waals surface area (Å²) in [5.41, 5.74) is 1.37. The summed E-state index contributed by atoms with van der Waals surface area (Å²) >= 11 is 13.8. The van der Waals surface area contributed by atoms with Gasteiger partial charge in [0, 0.05) is 11.9 Å². The molecule has 0 unspecified atom stereocenters. The molecule has 0 saturated carbocycles. The second-order valence-corrected chi connectivity index (χ2v) is 7.12. The van der Waals surface area contributed by atoms with E-state index in [4.69, 9.17) is 33.1 Å². The standard InChI is InChI=1S/C16H17Cl2N3O4S/c1-8-10(7-19-23)15(21(3)20-8)26-14-6-13(11(17)5-12(14)18)25-9(2)16(22)24-4/h5-7,9,23H,1-4H3/b19-7+/t9-/m1/s1. The first kappa shape index (κ1) is 20.4. The van der Waals surface area contributed by atoms with Crippen molar-refractivity contribution in [2.75, 3.05) is 7.11 Å². The minimum absolute atomic E-state index is 0.272. The van der Waals surface area contributed by atoms with Gasteiger partial charge in [0.25, 0.3) is 0 Å². The Morgan fingerprint density at radius 1 is 1.42 bits per heavy atom. The van der Waals surface area contributed by atoms with Crippen LogP contribution in [0.15, 0.2) is 27.2 Å². The fourth-order valence-electron chi connectivity index (χ4n) is 2.17. The molecule has 140 valence electrons. The predicted octanol–water partition coefficient (Wildman–Crippen LogP) is 3.93. The predicted molar refractivity (Wildman–Crippen MR) is 100 cm³/mol. The first-order valence-corrected chi connectivity index (χ1v) is 8.98. The molecule has 26 heavy (non-hydrogen) atoms. The summed E-state index contributed by atoms with van der Waals surface area (Å²) in [6.45, 7) is 3.36. The fourth-order valence-corrected chi connectivity index (χ4v) is 3.73. The van der Waals surface area contributed by atoms with E-state index in [-0.39, 0.29) is 5.02 Å². The highest BCUT2D eigenvalue weighted by Gasteiger charge is 2.20. The summed E-state index contributed by atoms with van der Waals surface area (Å²) in [7, 11) is 3.05. The van der Waals surface area contributed by atoms with Crippen molar-refractivity contribution in [2.45, 2.75) is 29.9 Å². The zero-order valence-electron chi connectivity index (χ0n) is 14.5. The Hall–Kier alpha value is -1.90. The Labute approximate surface area is 164 Å². The third kappa shape index (κ3) is 4.44. The van der Waals surface area contributed by atoms with E-state index in [0.29, 0.717) is 26.9 Å². The topological polar surface area (TPSA) is 85.9 Å². The summed E-state index contributed by atoms with van der Waals surface area (Å²) in [5, 5.41) is 17.7. The largest absolute Gasteiger partial charge is 0.477 e. The summed E-state index contributed by atoms with van der Waals surface area (Å²) in [5.74, 6) is -0.221. The first-order chi connectivity index (χ1) is 12.3. The molecular formula is C16H17Cl2N3O4S. The molecule has 10 heteroatoms. The van der Waals surface area contributed by atoms with Crippen molar-refractivity contribution < 1.29 is 19.5 Å². The molecule has 0 amide bonds. The number of ether oxygens (including phenoxy) is 2. The zero-order chi connectivity index (χ0) is 19.4. The van der Waals surface area contributed by atoms with E-state index in [1.165, 1.54) is 31.2 Å². The van der Waals surface area contributed by atoms with Gasteiger partial charge in [-0.1, -0.05) is 40.1 Å². The van der Waals surface area contributed by atoms with Gasteiger partial charge in [0.15, 0.2) is 6.10 Å². The fraction of sp³-hybridized carbons (Fsp3) is 0.312. The van der Waals surface area contributed by atoms with Crippen LogP contribution in [0.4, 0.5) is 0 Å². The Kier molecular flexibility index (Phi) is 6.80.